The molecule has 1 saturated heterocycles. The van der Waals surface area contributed by atoms with E-state index in [0.717, 1.165) is 45.8 Å². The molecule has 0 aromatic heterocycles. The Morgan fingerprint density at radius 2 is 2.22 bits per heavy atom. The van der Waals surface area contributed by atoms with E-state index in [9.17, 15) is 4.79 Å². The van der Waals surface area contributed by atoms with Crippen LogP contribution in [0.2, 0.25) is 0 Å². The third-order valence-corrected chi connectivity index (χ3v) is 3.60. The zero-order valence-electron chi connectivity index (χ0n) is 11.9. The molecule has 0 aromatic carbocycles. The molecule has 0 spiro atoms. The number of rotatable bonds is 7. The van der Waals surface area contributed by atoms with Crippen molar-refractivity contribution in [3.05, 3.63) is 0 Å². The zero-order valence-corrected chi connectivity index (χ0v) is 11.9. The quantitative estimate of drug-likeness (QED) is 0.706. The molecule has 1 unspecified atom stereocenters. The maximum Gasteiger partial charge on any atom is 0.223 e. The number of piperazine rings is 1. The van der Waals surface area contributed by atoms with Crippen molar-refractivity contribution >= 4 is 5.91 Å². The van der Waals surface area contributed by atoms with Gasteiger partial charge in [0.15, 0.2) is 0 Å². The van der Waals surface area contributed by atoms with Gasteiger partial charge in [0, 0.05) is 52.3 Å². The second-order valence-electron chi connectivity index (χ2n) is 4.78. The maximum atomic E-state index is 12.0. The fourth-order valence-corrected chi connectivity index (χ4v) is 2.40. The van der Waals surface area contributed by atoms with Gasteiger partial charge < -0.3 is 15.0 Å². The number of nitrogens with zero attached hydrogens (tertiary/aromatic N) is 2. The predicted molar refractivity (Wildman–Crippen MR) is 72.7 cm³/mol. The lowest BCUT2D eigenvalue weighted by molar-refractivity contribution is -0.134. The minimum Gasteiger partial charge on any atom is -0.383 e. The topological polar surface area (TPSA) is 44.8 Å². The van der Waals surface area contributed by atoms with E-state index < -0.39 is 0 Å². The van der Waals surface area contributed by atoms with Crippen molar-refractivity contribution in [3.63, 3.8) is 0 Å². The lowest BCUT2D eigenvalue weighted by atomic mass is 10.1. The van der Waals surface area contributed by atoms with E-state index in [1.54, 1.807) is 7.11 Å². The Bertz CT molecular complexity index is 248. The number of amides is 1. The molecule has 1 fully saturated rings. The summed E-state index contributed by atoms with van der Waals surface area (Å²) in [6.07, 6.45) is 1.69. The molecule has 106 valence electrons. The second-order valence-corrected chi connectivity index (χ2v) is 4.78. The molecule has 1 aliphatic heterocycles. The summed E-state index contributed by atoms with van der Waals surface area (Å²) < 4.78 is 5.13. The molecule has 1 heterocycles. The summed E-state index contributed by atoms with van der Waals surface area (Å²) in [5.74, 6) is 0.272. The van der Waals surface area contributed by atoms with Crippen LogP contribution in [-0.4, -0.2) is 75.2 Å². The number of hydrogen-bond donors (Lipinski definition) is 1. The van der Waals surface area contributed by atoms with E-state index in [-0.39, 0.29) is 5.91 Å². The minimum absolute atomic E-state index is 0.272. The summed E-state index contributed by atoms with van der Waals surface area (Å²) in [7, 11) is 3.61. The average molecular weight is 257 g/mol. The molecule has 1 rings (SSSR count). The molecule has 5 heteroatoms. The molecular weight excluding hydrogens is 230 g/mol. The van der Waals surface area contributed by atoms with Crippen molar-refractivity contribution in [1.82, 2.24) is 15.1 Å². The van der Waals surface area contributed by atoms with Crippen LogP contribution < -0.4 is 5.32 Å². The van der Waals surface area contributed by atoms with Gasteiger partial charge in [0.1, 0.15) is 0 Å². The van der Waals surface area contributed by atoms with Crippen molar-refractivity contribution in [2.75, 3.05) is 53.5 Å². The summed E-state index contributed by atoms with van der Waals surface area (Å²) in [4.78, 5) is 16.4. The zero-order chi connectivity index (χ0) is 13.4. The highest BCUT2D eigenvalue weighted by Gasteiger charge is 2.27. The number of ether oxygens (including phenoxy) is 1. The van der Waals surface area contributed by atoms with Gasteiger partial charge in [-0.15, -0.1) is 0 Å². The van der Waals surface area contributed by atoms with Crippen LogP contribution in [0.4, 0.5) is 0 Å². The first-order valence-corrected chi connectivity index (χ1v) is 6.88. The van der Waals surface area contributed by atoms with Gasteiger partial charge in [-0.2, -0.15) is 0 Å². The SMILES string of the molecule is CCC1CN(C(=O)CCNC)CCN1CCOC. The van der Waals surface area contributed by atoms with E-state index in [1.165, 1.54) is 0 Å². The molecule has 0 bridgehead atoms. The van der Waals surface area contributed by atoms with Gasteiger partial charge in [-0.1, -0.05) is 6.92 Å². The van der Waals surface area contributed by atoms with Gasteiger partial charge in [0.05, 0.1) is 6.61 Å². The minimum atomic E-state index is 0.272. The van der Waals surface area contributed by atoms with Gasteiger partial charge in [-0.05, 0) is 13.5 Å². The maximum absolute atomic E-state index is 12.0. The Labute approximate surface area is 110 Å². The second kappa shape index (κ2) is 8.45. The molecule has 1 N–H and O–H groups in total. The number of carbonyl (C=O) groups is 1. The number of methoxy groups -OCH3 is 1. The Hall–Kier alpha value is -0.650. The van der Waals surface area contributed by atoms with E-state index in [0.29, 0.717) is 12.5 Å². The molecule has 18 heavy (non-hydrogen) atoms. The van der Waals surface area contributed by atoms with Gasteiger partial charge in [-0.25, -0.2) is 0 Å². The molecule has 1 aliphatic rings. The average Bonchev–Trinajstić information content (AvgIpc) is 2.42. The highest BCUT2D eigenvalue weighted by molar-refractivity contribution is 5.76. The van der Waals surface area contributed by atoms with Crippen molar-refractivity contribution in [2.24, 2.45) is 0 Å². The number of carbonyl (C=O) groups excluding carboxylic acids is 1. The molecule has 5 nitrogen and oxygen atoms in total. The van der Waals surface area contributed by atoms with Gasteiger partial charge in [0.25, 0.3) is 0 Å². The molecule has 0 aromatic rings. The lowest BCUT2D eigenvalue weighted by Gasteiger charge is -2.41. The van der Waals surface area contributed by atoms with Crippen LogP contribution >= 0.6 is 0 Å². The summed E-state index contributed by atoms with van der Waals surface area (Å²) in [6, 6.07) is 0.479. The van der Waals surface area contributed by atoms with Crippen LogP contribution in [0.1, 0.15) is 19.8 Å². The number of hydrogen-bond acceptors (Lipinski definition) is 4. The predicted octanol–water partition coefficient (Wildman–Crippen LogP) is 0.165. The van der Waals surface area contributed by atoms with E-state index >= 15 is 0 Å². The van der Waals surface area contributed by atoms with E-state index in [1.807, 2.05) is 11.9 Å². The first-order valence-electron chi connectivity index (χ1n) is 6.88. The van der Waals surface area contributed by atoms with Gasteiger partial charge >= 0.3 is 0 Å². The van der Waals surface area contributed by atoms with Gasteiger partial charge in [0.2, 0.25) is 5.91 Å². The monoisotopic (exact) mass is 257 g/mol. The Kier molecular flexibility index (Phi) is 7.23. The van der Waals surface area contributed by atoms with Crippen LogP contribution in [0.3, 0.4) is 0 Å². The smallest absolute Gasteiger partial charge is 0.223 e. The Morgan fingerprint density at radius 1 is 1.44 bits per heavy atom. The third-order valence-electron chi connectivity index (χ3n) is 3.60. The normalized spacial score (nSPS) is 21.3. The van der Waals surface area contributed by atoms with Crippen molar-refractivity contribution in [2.45, 2.75) is 25.8 Å². The van der Waals surface area contributed by atoms with Crippen molar-refractivity contribution in [3.8, 4) is 0 Å². The van der Waals surface area contributed by atoms with E-state index in [4.69, 9.17) is 4.74 Å². The standard InChI is InChI=1S/C13H27N3O2/c1-4-12-11-16(13(17)5-6-14-2)8-7-15(12)9-10-18-3/h12,14H,4-11H2,1-3H3. The lowest BCUT2D eigenvalue weighted by Crippen LogP contribution is -2.55. The molecule has 0 saturated carbocycles. The fraction of sp³-hybridized carbons (Fsp3) is 0.923. The third kappa shape index (κ3) is 4.55. The van der Waals surface area contributed by atoms with Gasteiger partial charge in [-0.3, -0.25) is 9.69 Å². The molecule has 1 atom stereocenters. The highest BCUT2D eigenvalue weighted by atomic mass is 16.5. The summed E-state index contributed by atoms with van der Waals surface area (Å²) in [5, 5.41) is 3.03. The molecule has 0 radical (unpaired) electrons. The van der Waals surface area contributed by atoms with Crippen molar-refractivity contribution in [1.29, 1.82) is 0 Å². The fourth-order valence-electron chi connectivity index (χ4n) is 2.40. The number of nitrogens with one attached hydrogen (secondary N) is 1. The van der Waals surface area contributed by atoms with Crippen LogP contribution in [-0.2, 0) is 9.53 Å². The Balaban J connectivity index is 2.42. The molecule has 1 amide bonds. The van der Waals surface area contributed by atoms with Crippen LogP contribution in [0.25, 0.3) is 0 Å². The van der Waals surface area contributed by atoms with E-state index in [2.05, 4.69) is 17.1 Å². The molecule has 0 aliphatic carbocycles. The summed E-state index contributed by atoms with van der Waals surface area (Å²) in [5.41, 5.74) is 0. The van der Waals surface area contributed by atoms with Crippen LogP contribution in [0, 0.1) is 0 Å². The summed E-state index contributed by atoms with van der Waals surface area (Å²) >= 11 is 0. The summed E-state index contributed by atoms with van der Waals surface area (Å²) in [6.45, 7) is 7.36. The van der Waals surface area contributed by atoms with Crippen LogP contribution in [0.15, 0.2) is 0 Å². The van der Waals surface area contributed by atoms with Crippen LogP contribution in [0.5, 0.6) is 0 Å². The highest BCUT2D eigenvalue weighted by Crippen LogP contribution is 2.13. The van der Waals surface area contributed by atoms with Crippen molar-refractivity contribution < 1.29 is 9.53 Å². The molecular formula is C13H27N3O2. The largest absolute Gasteiger partial charge is 0.383 e. The first-order chi connectivity index (χ1) is 8.72. The Morgan fingerprint density at radius 3 is 2.83 bits per heavy atom. The first kappa shape index (κ1) is 15.4.